The van der Waals surface area contributed by atoms with Crippen molar-refractivity contribution < 1.29 is 19.0 Å². The Hall–Kier alpha value is -1.75. The summed E-state index contributed by atoms with van der Waals surface area (Å²) in [7, 11) is 3.20. The molecule has 1 aromatic carbocycles. The van der Waals surface area contributed by atoms with Gasteiger partial charge in [0, 0.05) is 18.2 Å². The van der Waals surface area contributed by atoms with Crippen molar-refractivity contribution in [3.8, 4) is 11.5 Å². The van der Waals surface area contributed by atoms with Gasteiger partial charge in [0.2, 0.25) is 0 Å². The zero-order chi connectivity index (χ0) is 15.0. The van der Waals surface area contributed by atoms with E-state index < -0.39 is 12.1 Å². The lowest BCUT2D eigenvalue weighted by molar-refractivity contribution is -0.147. The summed E-state index contributed by atoms with van der Waals surface area (Å²) in [5, 5.41) is 3.07. The van der Waals surface area contributed by atoms with E-state index in [0.717, 1.165) is 17.7 Å². The molecule has 0 aliphatic carbocycles. The summed E-state index contributed by atoms with van der Waals surface area (Å²) >= 11 is 0. The van der Waals surface area contributed by atoms with Crippen LogP contribution < -0.4 is 14.8 Å². The summed E-state index contributed by atoms with van der Waals surface area (Å²) in [6.07, 6.45) is 0.282. The number of rotatable bonds is 8. The number of carbonyl (C=O) groups excluding carboxylic acids is 1. The third-order valence-electron chi connectivity index (χ3n) is 2.72. The summed E-state index contributed by atoms with van der Waals surface area (Å²) in [5.41, 5.74) is 0.965. The van der Waals surface area contributed by atoms with Crippen molar-refractivity contribution in [3.63, 3.8) is 0 Å². The Morgan fingerprint density at radius 3 is 2.75 bits per heavy atom. The monoisotopic (exact) mass is 281 g/mol. The van der Waals surface area contributed by atoms with Gasteiger partial charge in [0.25, 0.3) is 0 Å². The average Bonchev–Trinajstić information content (AvgIpc) is 2.46. The molecule has 1 atom stereocenters. The molecule has 0 fully saturated rings. The van der Waals surface area contributed by atoms with Crippen LogP contribution in [-0.4, -0.2) is 32.8 Å². The van der Waals surface area contributed by atoms with Gasteiger partial charge in [-0.3, -0.25) is 0 Å². The van der Waals surface area contributed by atoms with Gasteiger partial charge in [-0.2, -0.15) is 0 Å². The molecule has 0 aliphatic rings. The van der Waals surface area contributed by atoms with Gasteiger partial charge in [-0.1, -0.05) is 13.0 Å². The lowest BCUT2D eigenvalue weighted by Gasteiger charge is -2.17. The van der Waals surface area contributed by atoms with Crippen LogP contribution in [0.15, 0.2) is 18.2 Å². The Labute approximate surface area is 120 Å². The van der Waals surface area contributed by atoms with Crippen LogP contribution in [0.2, 0.25) is 0 Å². The Bertz CT molecular complexity index is 434. The number of ether oxygens (including phenoxy) is 3. The van der Waals surface area contributed by atoms with Crippen LogP contribution in [0.3, 0.4) is 0 Å². The molecule has 1 aromatic rings. The predicted octanol–water partition coefficient (Wildman–Crippen LogP) is 2.14. The fourth-order valence-electron chi connectivity index (χ4n) is 1.70. The zero-order valence-electron chi connectivity index (χ0n) is 12.6. The summed E-state index contributed by atoms with van der Waals surface area (Å²) in [5.74, 6) is 0.963. The van der Waals surface area contributed by atoms with Gasteiger partial charge in [-0.05, 0) is 26.5 Å². The largest absolute Gasteiger partial charge is 0.493 e. The molecule has 0 aromatic heterocycles. The summed E-state index contributed by atoms with van der Waals surface area (Å²) < 4.78 is 15.9. The van der Waals surface area contributed by atoms with Crippen molar-refractivity contribution in [3.05, 3.63) is 23.8 Å². The molecule has 20 heavy (non-hydrogen) atoms. The fraction of sp³-hybridized carbons (Fsp3) is 0.533. The Morgan fingerprint density at radius 2 is 2.15 bits per heavy atom. The number of hydrogen-bond donors (Lipinski definition) is 1. The van der Waals surface area contributed by atoms with Crippen molar-refractivity contribution in [2.45, 2.75) is 32.9 Å². The minimum absolute atomic E-state index is 0.403. The molecule has 0 amide bonds. The lowest BCUT2D eigenvalue weighted by atomic mass is 10.2. The second-order valence-electron chi connectivity index (χ2n) is 4.43. The third-order valence-corrected chi connectivity index (χ3v) is 2.72. The summed E-state index contributed by atoms with van der Waals surface area (Å²) in [6.45, 7) is 5.01. The van der Waals surface area contributed by atoms with Crippen LogP contribution in [0.5, 0.6) is 11.5 Å². The number of nitrogens with one attached hydrogen (secondary N) is 1. The van der Waals surface area contributed by atoms with E-state index in [1.165, 1.54) is 7.11 Å². The van der Waals surface area contributed by atoms with Crippen LogP contribution >= 0.6 is 0 Å². The first-order valence-electron chi connectivity index (χ1n) is 6.77. The lowest BCUT2D eigenvalue weighted by Crippen LogP contribution is -2.25. The molecular formula is C15H23NO4. The van der Waals surface area contributed by atoms with Crippen LogP contribution in [0.4, 0.5) is 0 Å². The van der Waals surface area contributed by atoms with Gasteiger partial charge in [-0.25, -0.2) is 4.79 Å². The van der Waals surface area contributed by atoms with E-state index in [2.05, 4.69) is 10.1 Å². The molecule has 1 rings (SSSR count). The number of hydrogen-bond acceptors (Lipinski definition) is 5. The molecule has 1 N–H and O–H groups in total. The molecule has 1 unspecified atom stereocenters. The van der Waals surface area contributed by atoms with E-state index in [1.54, 1.807) is 6.92 Å². The average molecular weight is 281 g/mol. The molecule has 5 heteroatoms. The highest BCUT2D eigenvalue weighted by Gasteiger charge is 2.17. The van der Waals surface area contributed by atoms with E-state index in [4.69, 9.17) is 9.47 Å². The van der Waals surface area contributed by atoms with Crippen molar-refractivity contribution in [1.29, 1.82) is 0 Å². The predicted molar refractivity (Wildman–Crippen MR) is 77.1 cm³/mol. The zero-order valence-corrected chi connectivity index (χ0v) is 12.6. The van der Waals surface area contributed by atoms with Gasteiger partial charge in [-0.15, -0.1) is 0 Å². The minimum atomic E-state index is -0.656. The second-order valence-corrected chi connectivity index (χ2v) is 4.43. The van der Waals surface area contributed by atoms with E-state index in [9.17, 15) is 4.79 Å². The van der Waals surface area contributed by atoms with Crippen molar-refractivity contribution in [2.24, 2.45) is 0 Å². The number of carbonyl (C=O) groups is 1. The van der Waals surface area contributed by atoms with Crippen LogP contribution in [-0.2, 0) is 16.1 Å². The summed E-state index contributed by atoms with van der Waals surface area (Å²) in [4.78, 5) is 11.4. The third kappa shape index (κ3) is 4.74. The number of esters is 1. The van der Waals surface area contributed by atoms with Crippen molar-refractivity contribution >= 4 is 5.97 Å². The molecule has 0 bridgehead atoms. The van der Waals surface area contributed by atoms with Crippen LogP contribution in [0.1, 0.15) is 25.8 Å². The summed E-state index contributed by atoms with van der Waals surface area (Å²) in [6, 6.07) is 5.64. The standard InChI is InChI=1S/C15H23NO4/c1-5-8-19-13-7-6-12(10-16-3)14(9-13)20-11(2)15(17)18-4/h6-7,9,11,16H,5,8,10H2,1-4H3. The Morgan fingerprint density at radius 1 is 1.40 bits per heavy atom. The molecule has 0 heterocycles. The second kappa shape index (κ2) is 8.43. The fourth-order valence-corrected chi connectivity index (χ4v) is 1.70. The highest BCUT2D eigenvalue weighted by molar-refractivity contribution is 5.74. The van der Waals surface area contributed by atoms with Gasteiger partial charge in [0.05, 0.1) is 13.7 Å². The molecular weight excluding hydrogens is 258 g/mol. The van der Waals surface area contributed by atoms with Crippen LogP contribution in [0.25, 0.3) is 0 Å². The van der Waals surface area contributed by atoms with Crippen molar-refractivity contribution in [2.75, 3.05) is 20.8 Å². The molecule has 5 nitrogen and oxygen atoms in total. The highest BCUT2D eigenvalue weighted by atomic mass is 16.6. The van der Waals surface area contributed by atoms with Crippen molar-refractivity contribution in [1.82, 2.24) is 5.32 Å². The maximum absolute atomic E-state index is 11.4. The first-order valence-corrected chi connectivity index (χ1v) is 6.77. The quantitative estimate of drug-likeness (QED) is 0.740. The minimum Gasteiger partial charge on any atom is -0.493 e. The van der Waals surface area contributed by atoms with Gasteiger partial charge >= 0.3 is 5.97 Å². The topological polar surface area (TPSA) is 56.8 Å². The smallest absolute Gasteiger partial charge is 0.346 e. The van der Waals surface area contributed by atoms with Gasteiger partial charge < -0.3 is 19.5 Å². The van der Waals surface area contributed by atoms with E-state index in [0.29, 0.717) is 18.9 Å². The van der Waals surface area contributed by atoms with Crippen LogP contribution in [0, 0.1) is 0 Å². The maximum atomic E-state index is 11.4. The van der Waals surface area contributed by atoms with E-state index in [1.807, 2.05) is 32.2 Å². The molecule has 0 spiro atoms. The Balaban J connectivity index is 2.89. The first kappa shape index (κ1) is 16.3. The Kier molecular flexibility index (Phi) is 6.87. The highest BCUT2D eigenvalue weighted by Crippen LogP contribution is 2.26. The molecule has 0 saturated heterocycles. The SMILES string of the molecule is CCCOc1ccc(CNC)c(OC(C)C(=O)OC)c1. The van der Waals surface area contributed by atoms with Gasteiger partial charge in [0.15, 0.2) is 6.10 Å². The first-order chi connectivity index (χ1) is 9.62. The normalized spacial score (nSPS) is 11.8. The molecule has 0 saturated carbocycles. The maximum Gasteiger partial charge on any atom is 0.346 e. The number of methoxy groups -OCH3 is 1. The molecule has 0 aliphatic heterocycles. The molecule has 112 valence electrons. The number of benzene rings is 1. The van der Waals surface area contributed by atoms with Gasteiger partial charge in [0.1, 0.15) is 11.5 Å². The van der Waals surface area contributed by atoms with E-state index in [-0.39, 0.29) is 0 Å². The molecule has 0 radical (unpaired) electrons. The van der Waals surface area contributed by atoms with E-state index >= 15 is 0 Å².